The van der Waals surface area contributed by atoms with E-state index < -0.39 is 6.04 Å². The van der Waals surface area contributed by atoms with Gasteiger partial charge in [-0.05, 0) is 12.8 Å². The molecule has 0 spiro atoms. The predicted molar refractivity (Wildman–Crippen MR) is 67.3 cm³/mol. The van der Waals surface area contributed by atoms with Crippen molar-refractivity contribution < 1.29 is 14.3 Å². The Morgan fingerprint density at radius 2 is 2.19 bits per heavy atom. The number of ether oxygens (including phenoxy) is 1. The van der Waals surface area contributed by atoms with Gasteiger partial charge in [-0.25, -0.2) is 4.79 Å². The molecule has 1 amide bonds. The number of hydrogen-bond donors (Lipinski definition) is 1. The number of rotatable bonds is 1. The summed E-state index contributed by atoms with van der Waals surface area (Å²) >= 11 is 0. The van der Waals surface area contributed by atoms with Crippen LogP contribution >= 0.6 is 21.6 Å². The lowest BCUT2D eigenvalue weighted by atomic mass is 10.2. The van der Waals surface area contributed by atoms with Crippen LogP contribution in [0.4, 0.5) is 0 Å². The van der Waals surface area contributed by atoms with Crippen LogP contribution < -0.4 is 5.32 Å². The molecule has 6 heteroatoms. The Morgan fingerprint density at radius 1 is 1.38 bits per heavy atom. The molecule has 1 atom stereocenters. The third kappa shape index (κ3) is 5.12. The molecule has 0 aromatic carbocycles. The molecule has 1 unspecified atom stereocenters. The van der Waals surface area contributed by atoms with Crippen molar-refractivity contribution in [2.24, 2.45) is 0 Å². The van der Waals surface area contributed by atoms with Crippen LogP contribution in [0.25, 0.3) is 0 Å². The molecule has 0 aliphatic carbocycles. The fraction of sp³-hybridized carbons (Fsp3) is 0.800. The molecular formula is C10H17NO3S2. The Labute approximate surface area is 104 Å². The normalized spacial score (nSPS) is 24.1. The third-order valence-corrected chi connectivity index (χ3v) is 4.77. The fourth-order valence-electron chi connectivity index (χ4n) is 1.38. The highest BCUT2D eigenvalue weighted by Crippen LogP contribution is 2.24. The van der Waals surface area contributed by atoms with E-state index in [-0.39, 0.29) is 11.9 Å². The largest absolute Gasteiger partial charge is 0.467 e. The van der Waals surface area contributed by atoms with Crippen molar-refractivity contribution in [1.82, 2.24) is 5.32 Å². The summed E-state index contributed by atoms with van der Waals surface area (Å²) in [5.74, 6) is 1.24. The molecule has 1 fully saturated rings. The van der Waals surface area contributed by atoms with Crippen LogP contribution in [-0.4, -0.2) is 36.5 Å². The van der Waals surface area contributed by atoms with E-state index in [0.717, 1.165) is 25.0 Å². The standard InChI is InChI=1S/C10H17NO3S2/c1-14-10(13)8-7-16-15-6-4-2-3-5-9(12)11-8/h8H,2-7H2,1H3,(H,11,12). The van der Waals surface area contributed by atoms with E-state index >= 15 is 0 Å². The van der Waals surface area contributed by atoms with E-state index in [2.05, 4.69) is 10.1 Å². The first-order chi connectivity index (χ1) is 7.74. The second-order valence-corrected chi connectivity index (χ2v) is 6.19. The van der Waals surface area contributed by atoms with Gasteiger partial charge in [-0.15, -0.1) is 0 Å². The fourth-order valence-corrected chi connectivity index (χ4v) is 3.67. The summed E-state index contributed by atoms with van der Waals surface area (Å²) < 4.78 is 4.66. The highest BCUT2D eigenvalue weighted by molar-refractivity contribution is 8.76. The Morgan fingerprint density at radius 3 is 2.94 bits per heavy atom. The van der Waals surface area contributed by atoms with E-state index in [9.17, 15) is 9.59 Å². The van der Waals surface area contributed by atoms with E-state index in [0.29, 0.717) is 12.2 Å². The molecule has 1 heterocycles. The molecule has 1 saturated heterocycles. The Bertz CT molecular complexity index is 248. The van der Waals surface area contributed by atoms with Gasteiger partial charge in [-0.1, -0.05) is 28.0 Å². The van der Waals surface area contributed by atoms with Crippen molar-refractivity contribution in [3.63, 3.8) is 0 Å². The molecule has 0 radical (unpaired) electrons. The molecule has 1 aliphatic heterocycles. The molecular weight excluding hydrogens is 246 g/mol. The van der Waals surface area contributed by atoms with Crippen molar-refractivity contribution in [2.45, 2.75) is 31.7 Å². The number of nitrogens with one attached hydrogen (secondary N) is 1. The summed E-state index contributed by atoms with van der Waals surface area (Å²) in [6.07, 6.45) is 3.60. The van der Waals surface area contributed by atoms with Gasteiger partial charge in [-0.3, -0.25) is 4.79 Å². The molecule has 1 N–H and O–H groups in total. The van der Waals surface area contributed by atoms with Gasteiger partial charge in [0.15, 0.2) is 0 Å². The second-order valence-electron chi connectivity index (χ2n) is 3.56. The van der Waals surface area contributed by atoms with Gasteiger partial charge < -0.3 is 10.1 Å². The van der Waals surface area contributed by atoms with Crippen molar-refractivity contribution in [2.75, 3.05) is 18.6 Å². The predicted octanol–water partition coefficient (Wildman–Crippen LogP) is 1.60. The summed E-state index contributed by atoms with van der Waals surface area (Å²) in [5.41, 5.74) is 0. The molecule has 4 nitrogen and oxygen atoms in total. The monoisotopic (exact) mass is 263 g/mol. The Kier molecular flexibility index (Phi) is 6.71. The van der Waals surface area contributed by atoms with E-state index in [1.54, 1.807) is 21.6 Å². The summed E-state index contributed by atoms with van der Waals surface area (Å²) in [6, 6.07) is -0.506. The average molecular weight is 263 g/mol. The van der Waals surface area contributed by atoms with Crippen LogP contribution in [0.5, 0.6) is 0 Å². The summed E-state index contributed by atoms with van der Waals surface area (Å²) in [6.45, 7) is 0. The summed E-state index contributed by atoms with van der Waals surface area (Å²) in [4.78, 5) is 22.9. The van der Waals surface area contributed by atoms with Gasteiger partial charge >= 0.3 is 5.97 Å². The van der Waals surface area contributed by atoms with Crippen LogP contribution in [0.2, 0.25) is 0 Å². The quantitative estimate of drug-likeness (QED) is 0.575. The number of amides is 1. The van der Waals surface area contributed by atoms with E-state index in [1.165, 1.54) is 7.11 Å². The van der Waals surface area contributed by atoms with Crippen LogP contribution in [0.3, 0.4) is 0 Å². The molecule has 0 bridgehead atoms. The lowest BCUT2D eigenvalue weighted by molar-refractivity contribution is -0.144. The highest BCUT2D eigenvalue weighted by Gasteiger charge is 2.21. The van der Waals surface area contributed by atoms with Crippen molar-refractivity contribution in [3.05, 3.63) is 0 Å². The number of carbonyl (C=O) groups excluding carboxylic acids is 2. The molecule has 92 valence electrons. The van der Waals surface area contributed by atoms with Gasteiger partial charge in [0, 0.05) is 17.9 Å². The molecule has 0 aromatic heterocycles. The van der Waals surface area contributed by atoms with Gasteiger partial charge in [0.25, 0.3) is 0 Å². The average Bonchev–Trinajstić information content (AvgIpc) is 2.33. The minimum atomic E-state index is -0.506. The van der Waals surface area contributed by atoms with Crippen LogP contribution in [-0.2, 0) is 14.3 Å². The number of hydrogen-bond acceptors (Lipinski definition) is 5. The van der Waals surface area contributed by atoms with Gasteiger partial charge in [0.2, 0.25) is 5.91 Å². The van der Waals surface area contributed by atoms with Gasteiger partial charge in [0.1, 0.15) is 6.04 Å². The first kappa shape index (κ1) is 13.7. The van der Waals surface area contributed by atoms with Gasteiger partial charge in [0.05, 0.1) is 7.11 Å². The third-order valence-electron chi connectivity index (χ3n) is 2.27. The van der Waals surface area contributed by atoms with Crippen LogP contribution in [0.1, 0.15) is 25.7 Å². The zero-order valence-corrected chi connectivity index (χ0v) is 11.0. The van der Waals surface area contributed by atoms with Gasteiger partial charge in [-0.2, -0.15) is 0 Å². The zero-order chi connectivity index (χ0) is 11.8. The number of methoxy groups -OCH3 is 1. The first-order valence-electron chi connectivity index (χ1n) is 5.35. The van der Waals surface area contributed by atoms with Crippen molar-refractivity contribution in [1.29, 1.82) is 0 Å². The van der Waals surface area contributed by atoms with Crippen molar-refractivity contribution in [3.8, 4) is 0 Å². The maximum Gasteiger partial charge on any atom is 0.329 e. The molecule has 16 heavy (non-hydrogen) atoms. The Hall–Kier alpha value is -0.360. The maximum atomic E-state index is 11.5. The molecule has 0 saturated carbocycles. The minimum absolute atomic E-state index is 0.0529. The van der Waals surface area contributed by atoms with Crippen LogP contribution in [0.15, 0.2) is 0 Å². The number of carbonyl (C=O) groups is 2. The molecule has 1 aliphatic rings. The lowest BCUT2D eigenvalue weighted by Gasteiger charge is -2.15. The topological polar surface area (TPSA) is 55.4 Å². The Balaban J connectivity index is 2.51. The summed E-state index contributed by atoms with van der Waals surface area (Å²) in [5, 5.41) is 2.72. The van der Waals surface area contributed by atoms with Crippen LogP contribution in [0, 0.1) is 0 Å². The first-order valence-corrected chi connectivity index (χ1v) is 7.84. The summed E-state index contributed by atoms with van der Waals surface area (Å²) in [7, 11) is 4.71. The van der Waals surface area contributed by atoms with E-state index in [4.69, 9.17) is 0 Å². The minimum Gasteiger partial charge on any atom is -0.467 e. The second kappa shape index (κ2) is 7.84. The zero-order valence-electron chi connectivity index (χ0n) is 9.36. The van der Waals surface area contributed by atoms with E-state index in [1.807, 2.05) is 0 Å². The lowest BCUT2D eigenvalue weighted by Crippen LogP contribution is -2.43. The molecule has 1 rings (SSSR count). The van der Waals surface area contributed by atoms with Crippen molar-refractivity contribution >= 4 is 33.5 Å². The SMILES string of the molecule is COC(=O)C1CSSCCCCCC(=O)N1. The molecule has 0 aromatic rings. The highest BCUT2D eigenvalue weighted by atomic mass is 33.1. The smallest absolute Gasteiger partial charge is 0.329 e. The number of esters is 1. The maximum absolute atomic E-state index is 11.5.